The molecule has 0 bridgehead atoms. The first-order chi connectivity index (χ1) is 7.85. The fourth-order valence-electron chi connectivity index (χ4n) is 1.55. The van der Waals surface area contributed by atoms with Crippen molar-refractivity contribution < 1.29 is 9.53 Å². The molecule has 0 aliphatic carbocycles. The molecule has 0 aliphatic heterocycles. The van der Waals surface area contributed by atoms with Crippen LogP contribution >= 0.6 is 0 Å². The molecule has 1 aromatic carbocycles. The summed E-state index contributed by atoms with van der Waals surface area (Å²) in [6.45, 7) is 0. The van der Waals surface area contributed by atoms with Crippen LogP contribution in [0.4, 0.5) is 0 Å². The molecule has 3 nitrogen and oxygen atoms in total. The second-order valence-electron chi connectivity index (χ2n) is 3.32. The zero-order chi connectivity index (χ0) is 11.4. The molecule has 1 heterocycles. The summed E-state index contributed by atoms with van der Waals surface area (Å²) < 4.78 is 5.26. The number of hydrogen-bond acceptors (Lipinski definition) is 3. The van der Waals surface area contributed by atoms with E-state index in [2.05, 4.69) is 4.98 Å². The summed E-state index contributed by atoms with van der Waals surface area (Å²) in [6, 6.07) is 9.09. The Hall–Kier alpha value is -2.16. The number of nitrogens with zero attached hydrogens (tertiary/aromatic N) is 1. The van der Waals surface area contributed by atoms with Gasteiger partial charge in [-0.2, -0.15) is 0 Å². The highest BCUT2D eigenvalue weighted by atomic mass is 16.5. The van der Waals surface area contributed by atoms with Crippen LogP contribution in [-0.4, -0.2) is 18.4 Å². The van der Waals surface area contributed by atoms with Crippen molar-refractivity contribution in [3.05, 3.63) is 48.3 Å². The summed E-state index contributed by atoms with van der Waals surface area (Å²) in [5, 5.41) is 0. The molecule has 0 aliphatic rings. The predicted molar refractivity (Wildman–Crippen MR) is 61.6 cm³/mol. The summed E-state index contributed by atoms with van der Waals surface area (Å²) in [6.07, 6.45) is 4.27. The van der Waals surface area contributed by atoms with Crippen LogP contribution in [0, 0.1) is 0 Å². The molecule has 0 fully saturated rings. The third-order valence-corrected chi connectivity index (χ3v) is 2.33. The van der Waals surface area contributed by atoms with Crippen molar-refractivity contribution in [2.75, 3.05) is 7.11 Å². The van der Waals surface area contributed by atoms with Gasteiger partial charge in [-0.3, -0.25) is 9.78 Å². The van der Waals surface area contributed by atoms with Crippen LogP contribution in [0.5, 0.6) is 5.75 Å². The van der Waals surface area contributed by atoms with Gasteiger partial charge < -0.3 is 4.74 Å². The second-order valence-corrected chi connectivity index (χ2v) is 3.32. The molecule has 0 saturated carbocycles. The third-order valence-electron chi connectivity index (χ3n) is 2.33. The van der Waals surface area contributed by atoms with E-state index >= 15 is 0 Å². The van der Waals surface area contributed by atoms with Gasteiger partial charge in [0.25, 0.3) is 0 Å². The topological polar surface area (TPSA) is 39.2 Å². The lowest BCUT2D eigenvalue weighted by molar-refractivity contribution is 0.112. The number of methoxy groups -OCH3 is 1. The van der Waals surface area contributed by atoms with Crippen LogP contribution < -0.4 is 4.74 Å². The molecular formula is C13H11NO2. The minimum Gasteiger partial charge on any atom is -0.496 e. The van der Waals surface area contributed by atoms with Crippen LogP contribution in [0.25, 0.3) is 11.1 Å². The number of carbonyl (C=O) groups is 1. The number of carbonyl (C=O) groups excluding carboxylic acids is 1. The van der Waals surface area contributed by atoms with E-state index < -0.39 is 0 Å². The Morgan fingerprint density at radius 3 is 2.81 bits per heavy atom. The maximum Gasteiger partial charge on any atom is 0.150 e. The summed E-state index contributed by atoms with van der Waals surface area (Å²) in [5.74, 6) is 0.735. The van der Waals surface area contributed by atoms with Gasteiger partial charge >= 0.3 is 0 Å². The fourth-order valence-corrected chi connectivity index (χ4v) is 1.55. The third kappa shape index (κ3) is 1.93. The second kappa shape index (κ2) is 4.57. The van der Waals surface area contributed by atoms with E-state index in [4.69, 9.17) is 4.74 Å². The normalized spacial score (nSPS) is 9.81. The lowest BCUT2D eigenvalue weighted by Crippen LogP contribution is -1.90. The molecule has 0 N–H and O–H groups in total. The molecular weight excluding hydrogens is 202 g/mol. The maximum atomic E-state index is 10.7. The minimum absolute atomic E-state index is 0.625. The fraction of sp³-hybridized carbons (Fsp3) is 0.0769. The van der Waals surface area contributed by atoms with Crippen molar-refractivity contribution in [2.24, 2.45) is 0 Å². The molecule has 0 atom stereocenters. The average Bonchev–Trinajstić information content (AvgIpc) is 2.39. The van der Waals surface area contributed by atoms with E-state index in [9.17, 15) is 4.79 Å². The van der Waals surface area contributed by atoms with Crippen LogP contribution in [0.2, 0.25) is 0 Å². The average molecular weight is 213 g/mol. The van der Waals surface area contributed by atoms with Gasteiger partial charge in [-0.25, -0.2) is 0 Å². The van der Waals surface area contributed by atoms with Gasteiger partial charge in [0.1, 0.15) is 12.0 Å². The van der Waals surface area contributed by atoms with E-state index in [0.29, 0.717) is 5.56 Å². The van der Waals surface area contributed by atoms with Gasteiger partial charge in [0, 0.05) is 29.1 Å². The first-order valence-electron chi connectivity index (χ1n) is 4.89. The molecule has 0 spiro atoms. The van der Waals surface area contributed by atoms with E-state index in [1.165, 1.54) is 0 Å². The highest BCUT2D eigenvalue weighted by molar-refractivity contribution is 5.81. The van der Waals surface area contributed by atoms with Crippen molar-refractivity contribution in [2.45, 2.75) is 0 Å². The predicted octanol–water partition coefficient (Wildman–Crippen LogP) is 2.57. The Bertz CT molecular complexity index is 495. The summed E-state index contributed by atoms with van der Waals surface area (Å²) in [5.41, 5.74) is 2.43. The van der Waals surface area contributed by atoms with Gasteiger partial charge in [-0.15, -0.1) is 0 Å². The van der Waals surface area contributed by atoms with E-state index in [0.717, 1.165) is 23.2 Å². The number of rotatable bonds is 3. The zero-order valence-corrected chi connectivity index (χ0v) is 8.88. The Morgan fingerprint density at radius 2 is 2.19 bits per heavy atom. The van der Waals surface area contributed by atoms with Gasteiger partial charge in [0.15, 0.2) is 0 Å². The van der Waals surface area contributed by atoms with Gasteiger partial charge in [-0.1, -0.05) is 6.07 Å². The molecule has 1 aromatic heterocycles. The molecule has 0 unspecified atom stereocenters. The molecule has 2 aromatic rings. The maximum absolute atomic E-state index is 10.7. The zero-order valence-electron chi connectivity index (χ0n) is 8.88. The number of pyridine rings is 1. The van der Waals surface area contributed by atoms with E-state index in [1.807, 2.05) is 12.1 Å². The summed E-state index contributed by atoms with van der Waals surface area (Å²) >= 11 is 0. The van der Waals surface area contributed by atoms with Crippen LogP contribution in [-0.2, 0) is 0 Å². The first-order valence-corrected chi connectivity index (χ1v) is 4.89. The number of benzene rings is 1. The smallest absolute Gasteiger partial charge is 0.150 e. The Balaban J connectivity index is 2.57. The highest BCUT2D eigenvalue weighted by Crippen LogP contribution is 2.29. The number of aromatic nitrogens is 1. The van der Waals surface area contributed by atoms with Crippen LogP contribution in [0.15, 0.2) is 42.7 Å². The Labute approximate surface area is 93.7 Å². The summed E-state index contributed by atoms with van der Waals surface area (Å²) in [4.78, 5) is 14.8. The van der Waals surface area contributed by atoms with E-state index in [-0.39, 0.29) is 0 Å². The minimum atomic E-state index is 0.625. The van der Waals surface area contributed by atoms with Crippen molar-refractivity contribution >= 4 is 6.29 Å². The van der Waals surface area contributed by atoms with Crippen LogP contribution in [0.3, 0.4) is 0 Å². The molecule has 0 radical (unpaired) electrons. The number of aldehydes is 1. The SMILES string of the molecule is COc1ccc(C=O)cc1-c1cccnc1. The van der Waals surface area contributed by atoms with Gasteiger partial charge in [-0.05, 0) is 24.3 Å². The molecule has 0 saturated heterocycles. The highest BCUT2D eigenvalue weighted by Gasteiger charge is 2.06. The molecule has 0 amide bonds. The molecule has 2 rings (SSSR count). The van der Waals surface area contributed by atoms with Crippen molar-refractivity contribution in [1.82, 2.24) is 4.98 Å². The molecule has 3 heteroatoms. The quantitative estimate of drug-likeness (QED) is 0.735. The molecule has 80 valence electrons. The lowest BCUT2D eigenvalue weighted by Gasteiger charge is -2.08. The summed E-state index contributed by atoms with van der Waals surface area (Å²) in [7, 11) is 1.61. The van der Waals surface area contributed by atoms with Crippen molar-refractivity contribution in [1.29, 1.82) is 0 Å². The lowest BCUT2D eigenvalue weighted by atomic mass is 10.0. The Kier molecular flexibility index (Phi) is 2.96. The van der Waals surface area contributed by atoms with Crippen LogP contribution in [0.1, 0.15) is 10.4 Å². The van der Waals surface area contributed by atoms with Crippen molar-refractivity contribution in [3.8, 4) is 16.9 Å². The van der Waals surface area contributed by atoms with E-state index in [1.54, 1.807) is 37.7 Å². The monoisotopic (exact) mass is 213 g/mol. The number of hydrogen-bond donors (Lipinski definition) is 0. The standard InChI is InChI=1S/C13H11NO2/c1-16-13-5-4-10(9-15)7-12(13)11-3-2-6-14-8-11/h2-9H,1H3. The largest absolute Gasteiger partial charge is 0.496 e. The van der Waals surface area contributed by atoms with Gasteiger partial charge in [0.2, 0.25) is 0 Å². The molecule has 16 heavy (non-hydrogen) atoms. The first kappa shape index (κ1) is 10.4. The number of ether oxygens (including phenoxy) is 1. The Morgan fingerprint density at radius 1 is 1.31 bits per heavy atom. The van der Waals surface area contributed by atoms with Crippen molar-refractivity contribution in [3.63, 3.8) is 0 Å². The van der Waals surface area contributed by atoms with Gasteiger partial charge in [0.05, 0.1) is 7.11 Å².